The fourth-order valence-electron chi connectivity index (χ4n) is 3.24. The number of rotatable bonds is 6. The molecule has 0 aliphatic carbocycles. The summed E-state index contributed by atoms with van der Waals surface area (Å²) in [7, 11) is 0. The van der Waals surface area contributed by atoms with Gasteiger partial charge < -0.3 is 15.2 Å². The van der Waals surface area contributed by atoms with Crippen LogP contribution in [0.2, 0.25) is 0 Å². The Morgan fingerprint density at radius 3 is 2.52 bits per heavy atom. The predicted octanol–water partition coefficient (Wildman–Crippen LogP) is 4.62. The molecule has 5 rings (SSSR count). The van der Waals surface area contributed by atoms with Crippen LogP contribution >= 0.6 is 0 Å². The van der Waals surface area contributed by atoms with Gasteiger partial charge in [-0.1, -0.05) is 35.5 Å². The second-order valence-corrected chi connectivity index (χ2v) is 7.23. The molecule has 0 spiro atoms. The molecule has 0 saturated heterocycles. The van der Waals surface area contributed by atoms with E-state index in [4.69, 9.17) is 4.52 Å². The normalized spacial score (nSPS) is 10.7. The molecule has 2 N–H and O–H groups in total. The van der Waals surface area contributed by atoms with Crippen molar-refractivity contribution in [2.45, 2.75) is 6.92 Å². The summed E-state index contributed by atoms with van der Waals surface area (Å²) in [5.74, 6) is 2.19. The van der Waals surface area contributed by atoms with Gasteiger partial charge in [0.15, 0.2) is 11.5 Å². The molecular weight excluding hydrogens is 418 g/mol. The van der Waals surface area contributed by atoms with E-state index in [-0.39, 0.29) is 11.6 Å². The molecule has 0 aliphatic rings. The zero-order valence-electron chi connectivity index (χ0n) is 17.6. The minimum Gasteiger partial charge on any atom is -0.355 e. The summed E-state index contributed by atoms with van der Waals surface area (Å²) in [5.41, 5.74) is 2.51. The first-order chi connectivity index (χ1) is 16.1. The van der Waals surface area contributed by atoms with Crippen molar-refractivity contribution in [1.82, 2.24) is 24.7 Å². The number of carbonyl (C=O) groups excluding carboxylic acids is 1. The minimum absolute atomic E-state index is 0.208. The van der Waals surface area contributed by atoms with E-state index in [1.807, 2.05) is 66.2 Å². The van der Waals surface area contributed by atoms with E-state index in [0.717, 1.165) is 11.3 Å². The summed E-state index contributed by atoms with van der Waals surface area (Å²) >= 11 is 0. The molecule has 3 aromatic heterocycles. The summed E-state index contributed by atoms with van der Waals surface area (Å²) < 4.78 is 7.11. The topological polar surface area (TPSA) is 111 Å². The lowest BCUT2D eigenvalue weighted by Crippen LogP contribution is -2.12. The maximum Gasteiger partial charge on any atom is 0.277 e. The molecule has 9 nitrogen and oxygen atoms in total. The lowest BCUT2D eigenvalue weighted by molar-refractivity contribution is 0.101. The number of hydrogen-bond acceptors (Lipinski definition) is 7. The number of amides is 1. The van der Waals surface area contributed by atoms with Crippen LogP contribution in [0.1, 0.15) is 16.3 Å². The van der Waals surface area contributed by atoms with Gasteiger partial charge in [-0.3, -0.25) is 9.36 Å². The van der Waals surface area contributed by atoms with Crippen molar-refractivity contribution in [3.05, 3.63) is 97.0 Å². The zero-order chi connectivity index (χ0) is 22.6. The summed E-state index contributed by atoms with van der Waals surface area (Å²) in [6, 6.07) is 20.2. The molecule has 0 saturated carbocycles. The highest BCUT2D eigenvalue weighted by molar-refractivity contribution is 6.03. The highest BCUT2D eigenvalue weighted by atomic mass is 16.5. The molecule has 0 atom stereocenters. The van der Waals surface area contributed by atoms with Crippen LogP contribution in [0.3, 0.4) is 0 Å². The van der Waals surface area contributed by atoms with Gasteiger partial charge >= 0.3 is 0 Å². The van der Waals surface area contributed by atoms with Crippen LogP contribution in [0, 0.1) is 6.92 Å². The quantitative estimate of drug-likeness (QED) is 0.399. The van der Waals surface area contributed by atoms with Gasteiger partial charge in [-0.05, 0) is 31.2 Å². The number of aryl methyl sites for hydroxylation is 1. The molecule has 5 aromatic rings. The van der Waals surface area contributed by atoms with Gasteiger partial charge in [0.1, 0.15) is 23.8 Å². The fourth-order valence-corrected chi connectivity index (χ4v) is 3.24. The molecular formula is C24H19N7O2. The summed E-state index contributed by atoms with van der Waals surface area (Å²) in [5, 5.41) is 9.96. The van der Waals surface area contributed by atoms with Crippen molar-refractivity contribution in [3.63, 3.8) is 0 Å². The van der Waals surface area contributed by atoms with E-state index in [0.29, 0.717) is 28.9 Å². The average Bonchev–Trinajstić information content (AvgIpc) is 3.53. The van der Waals surface area contributed by atoms with Gasteiger partial charge in [-0.25, -0.2) is 15.0 Å². The van der Waals surface area contributed by atoms with Gasteiger partial charge in [0.25, 0.3) is 5.91 Å². The number of imidazole rings is 1. The number of carbonyl (C=O) groups is 1. The molecule has 0 bridgehead atoms. The number of nitrogens with one attached hydrogen (secondary N) is 2. The molecule has 2 aromatic carbocycles. The summed E-state index contributed by atoms with van der Waals surface area (Å²) in [6.07, 6.45) is 5.19. The lowest BCUT2D eigenvalue weighted by atomic mass is 10.1. The highest BCUT2D eigenvalue weighted by Crippen LogP contribution is 2.22. The monoisotopic (exact) mass is 437 g/mol. The number of aromatic nitrogens is 5. The molecule has 0 unspecified atom stereocenters. The van der Waals surface area contributed by atoms with Crippen LogP contribution in [0.15, 0.2) is 90.0 Å². The molecule has 3 heterocycles. The van der Waals surface area contributed by atoms with Crippen molar-refractivity contribution in [2.75, 3.05) is 10.6 Å². The van der Waals surface area contributed by atoms with Crippen molar-refractivity contribution < 1.29 is 9.32 Å². The average molecular weight is 437 g/mol. The SMILES string of the molecule is Cc1nc(Nc2ccc(NC(=O)c3cc(-c4ccccc4)on3)cc2)cc(-n2ccnc2)n1. The maximum atomic E-state index is 12.5. The first kappa shape index (κ1) is 20.1. The molecule has 9 heteroatoms. The predicted molar refractivity (Wildman–Crippen MR) is 124 cm³/mol. The van der Waals surface area contributed by atoms with Crippen molar-refractivity contribution in [2.24, 2.45) is 0 Å². The summed E-state index contributed by atoms with van der Waals surface area (Å²) in [4.78, 5) is 25.5. The Kier molecular flexibility index (Phi) is 5.34. The van der Waals surface area contributed by atoms with Crippen LogP contribution in [0.5, 0.6) is 0 Å². The molecule has 1 amide bonds. The second kappa shape index (κ2) is 8.75. The van der Waals surface area contributed by atoms with Crippen LogP contribution in [0.4, 0.5) is 17.2 Å². The number of anilines is 3. The van der Waals surface area contributed by atoms with Gasteiger partial charge in [0, 0.05) is 41.5 Å². The third-order valence-corrected chi connectivity index (χ3v) is 4.81. The van der Waals surface area contributed by atoms with Gasteiger partial charge in [-0.15, -0.1) is 0 Å². The smallest absolute Gasteiger partial charge is 0.277 e. The van der Waals surface area contributed by atoms with E-state index >= 15 is 0 Å². The standard InChI is InChI=1S/C24H19N7O2/c1-16-26-22(14-23(27-16)31-12-11-25-15-31)28-18-7-9-19(10-8-18)29-24(32)20-13-21(33-30-20)17-5-3-2-4-6-17/h2-15H,1H3,(H,29,32)(H,26,27,28). The number of hydrogen-bond donors (Lipinski definition) is 2. The Balaban J connectivity index is 1.26. The van der Waals surface area contributed by atoms with E-state index in [2.05, 4.69) is 30.7 Å². The molecule has 162 valence electrons. The first-order valence-electron chi connectivity index (χ1n) is 10.2. The van der Waals surface area contributed by atoms with E-state index in [9.17, 15) is 4.79 Å². The van der Waals surface area contributed by atoms with Gasteiger partial charge in [0.05, 0.1) is 0 Å². The van der Waals surface area contributed by atoms with Crippen LogP contribution in [-0.4, -0.2) is 30.6 Å². The second-order valence-electron chi connectivity index (χ2n) is 7.23. The van der Waals surface area contributed by atoms with Crippen molar-refractivity contribution in [3.8, 4) is 17.1 Å². The molecule has 0 radical (unpaired) electrons. The van der Waals surface area contributed by atoms with Crippen molar-refractivity contribution in [1.29, 1.82) is 0 Å². The van der Waals surface area contributed by atoms with Gasteiger partial charge in [-0.2, -0.15) is 0 Å². The van der Waals surface area contributed by atoms with E-state index < -0.39 is 0 Å². The van der Waals surface area contributed by atoms with Crippen LogP contribution in [-0.2, 0) is 0 Å². The Labute approximate surface area is 189 Å². The minimum atomic E-state index is -0.349. The van der Waals surface area contributed by atoms with E-state index in [1.54, 1.807) is 30.7 Å². The Morgan fingerprint density at radius 1 is 0.970 bits per heavy atom. The molecule has 0 fully saturated rings. The number of nitrogens with zero attached hydrogens (tertiary/aromatic N) is 5. The largest absolute Gasteiger partial charge is 0.355 e. The molecule has 0 aliphatic heterocycles. The fraction of sp³-hybridized carbons (Fsp3) is 0.0417. The van der Waals surface area contributed by atoms with Crippen molar-refractivity contribution >= 4 is 23.1 Å². The third kappa shape index (κ3) is 4.62. The van der Waals surface area contributed by atoms with Crippen LogP contribution < -0.4 is 10.6 Å². The first-order valence-corrected chi connectivity index (χ1v) is 10.2. The lowest BCUT2D eigenvalue weighted by Gasteiger charge is -2.10. The Hall–Kier alpha value is -4.79. The Morgan fingerprint density at radius 2 is 1.76 bits per heavy atom. The number of benzene rings is 2. The van der Waals surface area contributed by atoms with E-state index in [1.165, 1.54) is 0 Å². The van der Waals surface area contributed by atoms with Crippen LogP contribution in [0.25, 0.3) is 17.1 Å². The highest BCUT2D eigenvalue weighted by Gasteiger charge is 2.14. The third-order valence-electron chi connectivity index (χ3n) is 4.81. The zero-order valence-corrected chi connectivity index (χ0v) is 17.6. The maximum absolute atomic E-state index is 12.5. The van der Waals surface area contributed by atoms with Gasteiger partial charge in [0.2, 0.25) is 0 Å². The molecule has 33 heavy (non-hydrogen) atoms. The Bertz CT molecular complexity index is 1380. The summed E-state index contributed by atoms with van der Waals surface area (Å²) in [6.45, 7) is 1.83.